The number of hydrogen-bond acceptors (Lipinski definition) is 3. The van der Waals surface area contributed by atoms with Crippen molar-refractivity contribution in [1.29, 1.82) is 0 Å². The van der Waals surface area contributed by atoms with Crippen LogP contribution in [0.2, 0.25) is 0 Å². The average Bonchev–Trinajstić information content (AvgIpc) is 2.41. The van der Waals surface area contributed by atoms with Gasteiger partial charge in [-0.2, -0.15) is 0 Å². The van der Waals surface area contributed by atoms with Crippen LogP contribution in [0.25, 0.3) is 0 Å². The maximum atomic E-state index is 12.5. The Bertz CT molecular complexity index is 780. The summed E-state index contributed by atoms with van der Waals surface area (Å²) in [6, 6.07) is 11.1. The summed E-state index contributed by atoms with van der Waals surface area (Å²) >= 11 is 3.29. The van der Waals surface area contributed by atoms with Gasteiger partial charge in [0.15, 0.2) is 9.84 Å². The normalized spacial score (nSPS) is 11.3. The van der Waals surface area contributed by atoms with Crippen molar-refractivity contribution in [2.24, 2.45) is 0 Å². The number of carboxylic acid groups (broad SMARTS) is 1. The largest absolute Gasteiger partial charge is 0.478 e. The standard InChI is InChI=1S/C15H13BrO4S/c1-10-2-5-12(15(17)18)8-14(10)21(19,20)9-11-3-6-13(16)7-4-11/h2-8H,9H2,1H3,(H,17,18). The van der Waals surface area contributed by atoms with Crippen LogP contribution in [-0.2, 0) is 15.6 Å². The molecule has 0 aromatic heterocycles. The first-order chi connectivity index (χ1) is 9.79. The second-order valence-corrected chi connectivity index (χ2v) is 7.54. The summed E-state index contributed by atoms with van der Waals surface area (Å²) in [6.07, 6.45) is 0. The second kappa shape index (κ2) is 5.99. The van der Waals surface area contributed by atoms with Gasteiger partial charge < -0.3 is 5.11 Å². The van der Waals surface area contributed by atoms with Gasteiger partial charge in [0.25, 0.3) is 0 Å². The number of halogens is 1. The van der Waals surface area contributed by atoms with Crippen LogP contribution >= 0.6 is 15.9 Å². The minimum atomic E-state index is -3.59. The number of carboxylic acids is 1. The molecule has 0 aliphatic rings. The number of carbonyl (C=O) groups is 1. The number of aryl methyl sites for hydroxylation is 1. The van der Waals surface area contributed by atoms with E-state index in [1.54, 1.807) is 31.2 Å². The Morgan fingerprint density at radius 3 is 2.33 bits per heavy atom. The van der Waals surface area contributed by atoms with Crippen molar-refractivity contribution < 1.29 is 18.3 Å². The monoisotopic (exact) mass is 368 g/mol. The number of benzene rings is 2. The molecule has 0 bridgehead atoms. The van der Waals surface area contributed by atoms with Crippen LogP contribution in [-0.4, -0.2) is 19.5 Å². The summed E-state index contributed by atoms with van der Waals surface area (Å²) in [4.78, 5) is 11.0. The topological polar surface area (TPSA) is 71.4 Å². The van der Waals surface area contributed by atoms with Crippen molar-refractivity contribution >= 4 is 31.7 Å². The number of sulfone groups is 1. The van der Waals surface area contributed by atoms with E-state index in [2.05, 4.69) is 15.9 Å². The van der Waals surface area contributed by atoms with E-state index < -0.39 is 15.8 Å². The molecule has 2 aromatic rings. The van der Waals surface area contributed by atoms with Gasteiger partial charge in [-0.15, -0.1) is 0 Å². The Labute approximate surface area is 131 Å². The van der Waals surface area contributed by atoms with Crippen LogP contribution in [0.15, 0.2) is 51.8 Å². The minimum absolute atomic E-state index is 0.0324. The molecule has 0 saturated carbocycles. The molecule has 21 heavy (non-hydrogen) atoms. The fraction of sp³-hybridized carbons (Fsp3) is 0.133. The van der Waals surface area contributed by atoms with Crippen LogP contribution in [0.5, 0.6) is 0 Å². The zero-order chi connectivity index (χ0) is 15.6. The van der Waals surface area contributed by atoms with Gasteiger partial charge in [0, 0.05) is 4.47 Å². The van der Waals surface area contributed by atoms with Crippen LogP contribution in [0.4, 0.5) is 0 Å². The molecule has 0 unspecified atom stereocenters. The molecule has 0 radical (unpaired) electrons. The maximum absolute atomic E-state index is 12.5. The summed E-state index contributed by atoms with van der Waals surface area (Å²) < 4.78 is 25.8. The summed E-state index contributed by atoms with van der Waals surface area (Å²) in [5, 5.41) is 8.99. The predicted molar refractivity (Wildman–Crippen MR) is 83.2 cm³/mol. The first-order valence-electron chi connectivity index (χ1n) is 6.11. The molecule has 1 N–H and O–H groups in total. The van der Waals surface area contributed by atoms with Crippen molar-refractivity contribution in [3.05, 3.63) is 63.6 Å². The molecule has 6 heteroatoms. The Morgan fingerprint density at radius 1 is 1.14 bits per heavy atom. The summed E-state index contributed by atoms with van der Waals surface area (Å²) in [5.74, 6) is -1.31. The Hall–Kier alpha value is -1.66. The molecule has 4 nitrogen and oxygen atoms in total. The SMILES string of the molecule is Cc1ccc(C(=O)O)cc1S(=O)(=O)Cc1ccc(Br)cc1. The lowest BCUT2D eigenvalue weighted by Crippen LogP contribution is -2.09. The third-order valence-corrected chi connectivity index (χ3v) is 5.39. The molecule has 2 aromatic carbocycles. The van der Waals surface area contributed by atoms with Gasteiger partial charge in [-0.25, -0.2) is 13.2 Å². The van der Waals surface area contributed by atoms with E-state index in [1.165, 1.54) is 18.2 Å². The molecule has 110 valence electrons. The maximum Gasteiger partial charge on any atom is 0.335 e. The highest BCUT2D eigenvalue weighted by Crippen LogP contribution is 2.22. The van der Waals surface area contributed by atoms with Crippen LogP contribution in [0.1, 0.15) is 21.5 Å². The van der Waals surface area contributed by atoms with Gasteiger partial charge in [0.1, 0.15) is 0 Å². The Kier molecular flexibility index (Phi) is 4.49. The number of hydrogen-bond donors (Lipinski definition) is 1. The third kappa shape index (κ3) is 3.71. The predicted octanol–water partition coefficient (Wildman–Crippen LogP) is 3.43. The highest BCUT2D eigenvalue weighted by Gasteiger charge is 2.19. The lowest BCUT2D eigenvalue weighted by atomic mass is 10.1. The fourth-order valence-electron chi connectivity index (χ4n) is 1.95. The van der Waals surface area contributed by atoms with Gasteiger partial charge in [-0.1, -0.05) is 34.1 Å². The van der Waals surface area contributed by atoms with E-state index >= 15 is 0 Å². The van der Waals surface area contributed by atoms with Crippen molar-refractivity contribution in [1.82, 2.24) is 0 Å². The molecule has 0 atom stereocenters. The van der Waals surface area contributed by atoms with E-state index in [9.17, 15) is 13.2 Å². The van der Waals surface area contributed by atoms with Gasteiger partial charge >= 0.3 is 5.97 Å². The summed E-state index contributed by atoms with van der Waals surface area (Å²) in [7, 11) is -3.59. The summed E-state index contributed by atoms with van der Waals surface area (Å²) in [6.45, 7) is 1.65. The van der Waals surface area contributed by atoms with E-state index in [1.807, 2.05) is 0 Å². The number of rotatable bonds is 4. The third-order valence-electron chi connectivity index (χ3n) is 3.04. The number of aromatic carboxylic acids is 1. The highest BCUT2D eigenvalue weighted by atomic mass is 79.9. The van der Waals surface area contributed by atoms with Gasteiger partial charge in [0.2, 0.25) is 0 Å². The van der Waals surface area contributed by atoms with Gasteiger partial charge in [-0.05, 0) is 42.3 Å². The van der Waals surface area contributed by atoms with Gasteiger partial charge in [-0.3, -0.25) is 0 Å². The first kappa shape index (κ1) is 15.7. The lowest BCUT2D eigenvalue weighted by molar-refractivity contribution is 0.0696. The molecule has 0 aliphatic heterocycles. The van der Waals surface area contributed by atoms with Crippen molar-refractivity contribution in [2.45, 2.75) is 17.6 Å². The minimum Gasteiger partial charge on any atom is -0.478 e. The van der Waals surface area contributed by atoms with Crippen molar-refractivity contribution in [3.63, 3.8) is 0 Å². The smallest absolute Gasteiger partial charge is 0.335 e. The van der Waals surface area contributed by atoms with Crippen molar-refractivity contribution in [3.8, 4) is 0 Å². The molecule has 0 saturated heterocycles. The van der Waals surface area contributed by atoms with Crippen LogP contribution < -0.4 is 0 Å². The van der Waals surface area contributed by atoms with Crippen LogP contribution in [0, 0.1) is 6.92 Å². The zero-order valence-corrected chi connectivity index (χ0v) is 13.6. The van der Waals surface area contributed by atoms with E-state index in [4.69, 9.17) is 5.11 Å². The van der Waals surface area contributed by atoms with E-state index in [-0.39, 0.29) is 16.2 Å². The fourth-order valence-corrected chi connectivity index (χ4v) is 3.86. The molecular formula is C15H13BrO4S. The second-order valence-electron chi connectivity index (χ2n) is 4.67. The molecule has 0 amide bonds. The Balaban J connectivity index is 2.41. The average molecular weight is 369 g/mol. The lowest BCUT2D eigenvalue weighted by Gasteiger charge is -2.09. The van der Waals surface area contributed by atoms with E-state index in [0.29, 0.717) is 11.1 Å². The molecule has 2 rings (SSSR count). The quantitative estimate of drug-likeness (QED) is 0.896. The zero-order valence-electron chi connectivity index (χ0n) is 11.2. The summed E-state index contributed by atoms with van der Waals surface area (Å²) in [5.41, 5.74) is 1.16. The molecule has 0 spiro atoms. The van der Waals surface area contributed by atoms with Gasteiger partial charge in [0.05, 0.1) is 16.2 Å². The molecule has 0 fully saturated rings. The highest BCUT2D eigenvalue weighted by molar-refractivity contribution is 9.10. The van der Waals surface area contributed by atoms with E-state index in [0.717, 1.165) is 4.47 Å². The Morgan fingerprint density at radius 2 is 1.76 bits per heavy atom. The van der Waals surface area contributed by atoms with Crippen LogP contribution in [0.3, 0.4) is 0 Å². The molecule has 0 aliphatic carbocycles. The van der Waals surface area contributed by atoms with Crippen molar-refractivity contribution in [2.75, 3.05) is 0 Å². The molecular weight excluding hydrogens is 356 g/mol. The molecule has 0 heterocycles. The first-order valence-corrected chi connectivity index (χ1v) is 8.55.